The smallest absolute Gasteiger partial charge is 0.338 e. The van der Waals surface area contributed by atoms with E-state index < -0.39 is 11.8 Å². The molecule has 0 fully saturated rings. The summed E-state index contributed by atoms with van der Waals surface area (Å²) < 4.78 is 13.5. The number of halogens is 2. The average molecular weight is 233 g/mol. The predicted molar refractivity (Wildman–Crippen MR) is 45.8 cm³/mol. The summed E-state index contributed by atoms with van der Waals surface area (Å²) in [7, 11) is 0. The molecule has 4 heteroatoms. The van der Waals surface area contributed by atoms with Crippen LogP contribution in [0.1, 0.15) is 15.9 Å². The van der Waals surface area contributed by atoms with Crippen molar-refractivity contribution in [3.63, 3.8) is 0 Å². The summed E-state index contributed by atoms with van der Waals surface area (Å²) in [6, 6.07) is 2.61. The Morgan fingerprint density at radius 1 is 1.58 bits per heavy atom. The molecular formula is C8H6BrFO2. The van der Waals surface area contributed by atoms with Gasteiger partial charge in [-0.2, -0.15) is 0 Å². The highest BCUT2D eigenvalue weighted by Gasteiger charge is 2.14. The molecule has 0 aliphatic rings. The Labute approximate surface area is 77.2 Å². The van der Waals surface area contributed by atoms with Crippen LogP contribution in [0.2, 0.25) is 0 Å². The largest absolute Gasteiger partial charge is 0.478 e. The molecule has 0 aliphatic carbocycles. The summed E-state index contributed by atoms with van der Waals surface area (Å²) in [4.78, 5) is 10.5. The number of aromatic carboxylic acids is 1. The second-order valence-electron chi connectivity index (χ2n) is 2.33. The van der Waals surface area contributed by atoms with Crippen molar-refractivity contribution in [1.29, 1.82) is 0 Å². The van der Waals surface area contributed by atoms with Gasteiger partial charge in [-0.3, -0.25) is 0 Å². The summed E-state index contributed by atoms with van der Waals surface area (Å²) in [5, 5.41) is 8.61. The van der Waals surface area contributed by atoms with Crippen molar-refractivity contribution >= 4 is 21.9 Å². The molecule has 1 N–H and O–H groups in total. The quantitative estimate of drug-likeness (QED) is 0.809. The van der Waals surface area contributed by atoms with Crippen molar-refractivity contribution in [2.24, 2.45) is 0 Å². The van der Waals surface area contributed by atoms with Crippen molar-refractivity contribution in [2.75, 3.05) is 0 Å². The van der Waals surface area contributed by atoms with Gasteiger partial charge in [-0.15, -0.1) is 0 Å². The minimum Gasteiger partial charge on any atom is -0.478 e. The third kappa shape index (κ3) is 1.48. The molecule has 0 saturated heterocycles. The van der Waals surface area contributed by atoms with Crippen LogP contribution in [-0.4, -0.2) is 11.1 Å². The molecule has 0 heterocycles. The summed E-state index contributed by atoms with van der Waals surface area (Å²) >= 11 is 3.12. The maximum absolute atomic E-state index is 12.9. The van der Waals surface area contributed by atoms with Gasteiger partial charge in [0.25, 0.3) is 0 Å². The lowest BCUT2D eigenvalue weighted by atomic mass is 10.1. The first-order chi connectivity index (χ1) is 5.54. The van der Waals surface area contributed by atoms with E-state index in [9.17, 15) is 9.18 Å². The van der Waals surface area contributed by atoms with E-state index in [4.69, 9.17) is 5.11 Å². The molecule has 1 rings (SSSR count). The van der Waals surface area contributed by atoms with E-state index in [1.165, 1.54) is 6.07 Å². The minimum absolute atomic E-state index is 0.274. The SMILES string of the molecule is Cc1c(Br)ccc(F)c1C(=O)O. The third-order valence-electron chi connectivity index (χ3n) is 1.56. The fourth-order valence-electron chi connectivity index (χ4n) is 0.916. The van der Waals surface area contributed by atoms with E-state index in [2.05, 4.69) is 15.9 Å². The molecule has 0 spiro atoms. The molecule has 0 unspecified atom stereocenters. The van der Waals surface area contributed by atoms with Gasteiger partial charge in [0.05, 0.1) is 5.56 Å². The van der Waals surface area contributed by atoms with Crippen LogP contribution in [0, 0.1) is 12.7 Å². The monoisotopic (exact) mass is 232 g/mol. The lowest BCUT2D eigenvalue weighted by Gasteiger charge is -2.03. The van der Waals surface area contributed by atoms with E-state index in [1.54, 1.807) is 6.92 Å². The zero-order valence-electron chi connectivity index (χ0n) is 6.27. The van der Waals surface area contributed by atoms with Crippen LogP contribution in [0.3, 0.4) is 0 Å². The van der Waals surface area contributed by atoms with Crippen LogP contribution in [0.15, 0.2) is 16.6 Å². The van der Waals surface area contributed by atoms with Crippen molar-refractivity contribution in [2.45, 2.75) is 6.92 Å². The zero-order chi connectivity index (χ0) is 9.30. The Kier molecular flexibility index (Phi) is 2.47. The van der Waals surface area contributed by atoms with E-state index in [0.29, 0.717) is 10.0 Å². The molecule has 0 bridgehead atoms. The van der Waals surface area contributed by atoms with Crippen LogP contribution >= 0.6 is 15.9 Å². The molecule has 0 aromatic heterocycles. The Hall–Kier alpha value is -0.900. The molecule has 0 saturated carbocycles. The van der Waals surface area contributed by atoms with Crippen LogP contribution in [-0.2, 0) is 0 Å². The summed E-state index contributed by atoms with van der Waals surface area (Å²) in [5.74, 6) is -1.95. The van der Waals surface area contributed by atoms with Gasteiger partial charge in [0.2, 0.25) is 0 Å². The van der Waals surface area contributed by atoms with Gasteiger partial charge in [0.15, 0.2) is 0 Å². The number of carbonyl (C=O) groups is 1. The Morgan fingerprint density at radius 2 is 2.17 bits per heavy atom. The van der Waals surface area contributed by atoms with Crippen molar-refractivity contribution in [1.82, 2.24) is 0 Å². The number of carboxylic acids is 1. The summed E-state index contributed by atoms with van der Waals surface area (Å²) in [5.41, 5.74) is 0.131. The van der Waals surface area contributed by atoms with Gasteiger partial charge >= 0.3 is 5.97 Å². The number of hydrogen-bond acceptors (Lipinski definition) is 1. The fourth-order valence-corrected chi connectivity index (χ4v) is 1.25. The topological polar surface area (TPSA) is 37.3 Å². The highest BCUT2D eigenvalue weighted by Crippen LogP contribution is 2.21. The molecular weight excluding hydrogens is 227 g/mol. The lowest BCUT2D eigenvalue weighted by Crippen LogP contribution is -2.03. The normalized spacial score (nSPS) is 9.92. The number of carboxylic acid groups (broad SMARTS) is 1. The number of hydrogen-bond donors (Lipinski definition) is 1. The molecule has 1 aromatic rings. The second kappa shape index (κ2) is 3.23. The van der Waals surface area contributed by atoms with Crippen molar-refractivity contribution < 1.29 is 14.3 Å². The first-order valence-electron chi connectivity index (χ1n) is 3.22. The van der Waals surface area contributed by atoms with Gasteiger partial charge in [-0.25, -0.2) is 9.18 Å². The number of rotatable bonds is 1. The zero-order valence-corrected chi connectivity index (χ0v) is 7.85. The fraction of sp³-hybridized carbons (Fsp3) is 0.125. The lowest BCUT2D eigenvalue weighted by molar-refractivity contribution is 0.0691. The van der Waals surface area contributed by atoms with E-state index in [0.717, 1.165) is 6.07 Å². The van der Waals surface area contributed by atoms with Crippen LogP contribution in [0.4, 0.5) is 4.39 Å². The molecule has 0 aliphatic heterocycles. The maximum atomic E-state index is 12.9. The van der Waals surface area contributed by atoms with Gasteiger partial charge in [-0.05, 0) is 24.6 Å². The molecule has 2 nitrogen and oxygen atoms in total. The van der Waals surface area contributed by atoms with Crippen molar-refractivity contribution in [3.05, 3.63) is 33.5 Å². The number of benzene rings is 1. The van der Waals surface area contributed by atoms with Gasteiger partial charge in [-0.1, -0.05) is 15.9 Å². The maximum Gasteiger partial charge on any atom is 0.338 e. The standard InChI is InChI=1S/C8H6BrFO2/c1-4-5(9)2-3-6(10)7(4)8(11)12/h2-3H,1H3,(H,11,12). The molecule has 0 atom stereocenters. The molecule has 1 aromatic carbocycles. The summed E-state index contributed by atoms with van der Waals surface area (Å²) in [6.07, 6.45) is 0. The average Bonchev–Trinajstić information content (AvgIpc) is 1.97. The van der Waals surface area contributed by atoms with Crippen LogP contribution in [0.25, 0.3) is 0 Å². The van der Waals surface area contributed by atoms with Gasteiger partial charge < -0.3 is 5.11 Å². The highest BCUT2D eigenvalue weighted by molar-refractivity contribution is 9.10. The first-order valence-corrected chi connectivity index (χ1v) is 4.01. The Bertz CT molecular complexity index is 336. The minimum atomic E-state index is -1.24. The van der Waals surface area contributed by atoms with Crippen LogP contribution < -0.4 is 0 Å². The van der Waals surface area contributed by atoms with E-state index in [-0.39, 0.29) is 5.56 Å². The Balaban J connectivity index is 3.43. The first kappa shape index (κ1) is 9.19. The van der Waals surface area contributed by atoms with E-state index >= 15 is 0 Å². The molecule has 12 heavy (non-hydrogen) atoms. The van der Waals surface area contributed by atoms with Crippen molar-refractivity contribution in [3.8, 4) is 0 Å². The second-order valence-corrected chi connectivity index (χ2v) is 3.19. The van der Waals surface area contributed by atoms with E-state index in [1.807, 2.05) is 0 Å². The van der Waals surface area contributed by atoms with Crippen LogP contribution in [0.5, 0.6) is 0 Å². The predicted octanol–water partition coefficient (Wildman–Crippen LogP) is 2.59. The highest BCUT2D eigenvalue weighted by atomic mass is 79.9. The van der Waals surface area contributed by atoms with Gasteiger partial charge in [0.1, 0.15) is 5.82 Å². The molecule has 0 radical (unpaired) electrons. The summed E-state index contributed by atoms with van der Waals surface area (Å²) in [6.45, 7) is 1.55. The Morgan fingerprint density at radius 3 is 2.58 bits per heavy atom. The molecule has 0 amide bonds. The molecule has 64 valence electrons. The third-order valence-corrected chi connectivity index (χ3v) is 2.42. The van der Waals surface area contributed by atoms with Gasteiger partial charge in [0, 0.05) is 4.47 Å².